The molecule has 0 amide bonds. The van der Waals surface area contributed by atoms with E-state index in [0.717, 1.165) is 17.1 Å². The number of aromatic nitrogens is 1. The van der Waals surface area contributed by atoms with Crippen molar-refractivity contribution in [3.05, 3.63) is 67.0 Å². The van der Waals surface area contributed by atoms with E-state index < -0.39 is 0 Å². The van der Waals surface area contributed by atoms with Crippen LogP contribution in [0.25, 0.3) is 0 Å². The Hall–Kier alpha value is -3.01. The average molecular weight is 275 g/mol. The van der Waals surface area contributed by atoms with Gasteiger partial charge in [-0.2, -0.15) is 0 Å². The van der Waals surface area contributed by atoms with Gasteiger partial charge in [-0.05, 0) is 30.3 Å². The molecule has 0 spiro atoms. The molecule has 0 saturated carbocycles. The van der Waals surface area contributed by atoms with E-state index in [2.05, 4.69) is 22.0 Å². The molecule has 4 nitrogen and oxygen atoms in total. The molecule has 4 heteroatoms. The Labute approximate surface area is 122 Å². The Kier molecular flexibility index (Phi) is 2.54. The largest absolute Gasteiger partial charge is 0.449 e. The summed E-state index contributed by atoms with van der Waals surface area (Å²) in [6.07, 6.45) is 3.47. The maximum absolute atomic E-state index is 6.07. The quantitative estimate of drug-likeness (QED) is 0.528. The standard InChI is InChI=1S/C17H13N3O/c18-13-7-4-8-15-17(13)21-16-11-19-10-9-14(16)20(15)12-5-2-1-3-6-12/h1-11H,18H2. The number of benzene rings is 2. The molecule has 2 heterocycles. The van der Waals surface area contributed by atoms with Gasteiger partial charge in [-0.25, -0.2) is 0 Å². The smallest absolute Gasteiger partial charge is 0.174 e. The number of hydrogen-bond acceptors (Lipinski definition) is 4. The van der Waals surface area contributed by atoms with Crippen molar-refractivity contribution >= 4 is 22.7 Å². The zero-order valence-corrected chi connectivity index (χ0v) is 11.2. The monoisotopic (exact) mass is 275 g/mol. The Morgan fingerprint density at radius 2 is 1.76 bits per heavy atom. The fourth-order valence-electron chi connectivity index (χ4n) is 2.56. The van der Waals surface area contributed by atoms with Crippen LogP contribution in [0.1, 0.15) is 0 Å². The van der Waals surface area contributed by atoms with Crippen LogP contribution in [-0.2, 0) is 0 Å². The lowest BCUT2D eigenvalue weighted by Crippen LogP contribution is -2.16. The van der Waals surface area contributed by atoms with Gasteiger partial charge in [0.2, 0.25) is 0 Å². The summed E-state index contributed by atoms with van der Waals surface area (Å²) in [6.45, 7) is 0. The van der Waals surface area contributed by atoms with E-state index >= 15 is 0 Å². The molecule has 3 aromatic rings. The molecule has 2 aromatic carbocycles. The minimum atomic E-state index is 0.614. The number of nitrogens with two attached hydrogens (primary N) is 1. The van der Waals surface area contributed by atoms with E-state index in [1.807, 2.05) is 42.5 Å². The minimum absolute atomic E-state index is 0.614. The minimum Gasteiger partial charge on any atom is -0.449 e. The topological polar surface area (TPSA) is 51.4 Å². The van der Waals surface area contributed by atoms with E-state index in [4.69, 9.17) is 10.5 Å². The van der Waals surface area contributed by atoms with Crippen molar-refractivity contribution in [2.24, 2.45) is 0 Å². The van der Waals surface area contributed by atoms with Crippen molar-refractivity contribution < 1.29 is 4.74 Å². The lowest BCUT2D eigenvalue weighted by Gasteiger charge is -2.32. The number of fused-ring (bicyclic) bond motifs is 2. The van der Waals surface area contributed by atoms with E-state index in [-0.39, 0.29) is 0 Å². The second-order valence-electron chi connectivity index (χ2n) is 4.81. The summed E-state index contributed by atoms with van der Waals surface area (Å²) in [5.41, 5.74) is 9.62. The molecule has 4 rings (SSSR count). The van der Waals surface area contributed by atoms with Gasteiger partial charge < -0.3 is 15.4 Å². The van der Waals surface area contributed by atoms with Crippen LogP contribution in [0.3, 0.4) is 0 Å². The van der Waals surface area contributed by atoms with Gasteiger partial charge in [0.25, 0.3) is 0 Å². The molecule has 1 aliphatic heterocycles. The second kappa shape index (κ2) is 4.52. The molecule has 0 saturated heterocycles. The Bertz CT molecular complexity index is 802. The Balaban J connectivity index is 2.00. The molecule has 0 fully saturated rings. The molecule has 0 atom stereocenters. The van der Waals surface area contributed by atoms with Crippen LogP contribution in [0, 0.1) is 0 Å². The summed E-state index contributed by atoms with van der Waals surface area (Å²) >= 11 is 0. The van der Waals surface area contributed by atoms with Crippen LogP contribution in [0.15, 0.2) is 67.0 Å². The number of rotatable bonds is 1. The number of ether oxygens (including phenoxy) is 1. The second-order valence-corrected chi connectivity index (χ2v) is 4.81. The van der Waals surface area contributed by atoms with Crippen LogP contribution in [0.5, 0.6) is 11.5 Å². The molecule has 21 heavy (non-hydrogen) atoms. The molecule has 0 radical (unpaired) electrons. The molecular formula is C17H13N3O. The van der Waals surface area contributed by atoms with E-state index in [9.17, 15) is 0 Å². The SMILES string of the molecule is Nc1cccc2c1Oc1cnccc1N2c1ccccc1. The van der Waals surface area contributed by atoms with Gasteiger partial charge in [0.1, 0.15) is 0 Å². The first-order chi connectivity index (χ1) is 10.3. The zero-order valence-electron chi connectivity index (χ0n) is 11.2. The van der Waals surface area contributed by atoms with Crippen molar-refractivity contribution in [2.45, 2.75) is 0 Å². The molecule has 102 valence electrons. The maximum Gasteiger partial charge on any atom is 0.174 e. The third kappa shape index (κ3) is 1.80. The summed E-state index contributed by atoms with van der Waals surface area (Å²) in [7, 11) is 0. The van der Waals surface area contributed by atoms with Gasteiger partial charge in [0, 0.05) is 11.9 Å². The van der Waals surface area contributed by atoms with Crippen LogP contribution in [-0.4, -0.2) is 4.98 Å². The van der Waals surface area contributed by atoms with Gasteiger partial charge in [0.15, 0.2) is 11.5 Å². The van der Waals surface area contributed by atoms with Gasteiger partial charge in [-0.15, -0.1) is 0 Å². The molecule has 0 unspecified atom stereocenters. The lowest BCUT2D eigenvalue weighted by molar-refractivity contribution is 0.477. The molecule has 0 bridgehead atoms. The van der Waals surface area contributed by atoms with Crippen LogP contribution < -0.4 is 15.4 Å². The van der Waals surface area contributed by atoms with Crippen molar-refractivity contribution in [1.82, 2.24) is 4.98 Å². The average Bonchev–Trinajstić information content (AvgIpc) is 2.54. The predicted octanol–water partition coefficient (Wildman–Crippen LogP) is 4.24. The summed E-state index contributed by atoms with van der Waals surface area (Å²) in [5, 5.41) is 0. The van der Waals surface area contributed by atoms with E-state index in [1.54, 1.807) is 12.4 Å². The van der Waals surface area contributed by atoms with Crippen LogP contribution in [0.4, 0.5) is 22.7 Å². The van der Waals surface area contributed by atoms with E-state index in [0.29, 0.717) is 17.2 Å². The highest BCUT2D eigenvalue weighted by Crippen LogP contribution is 2.51. The fraction of sp³-hybridized carbons (Fsp3) is 0. The van der Waals surface area contributed by atoms with Crippen molar-refractivity contribution in [2.75, 3.05) is 10.6 Å². The Morgan fingerprint density at radius 1 is 0.905 bits per heavy atom. The van der Waals surface area contributed by atoms with Gasteiger partial charge >= 0.3 is 0 Å². The first-order valence-electron chi connectivity index (χ1n) is 6.70. The molecular weight excluding hydrogens is 262 g/mol. The first kappa shape index (κ1) is 11.8. The summed E-state index contributed by atoms with van der Waals surface area (Å²) in [4.78, 5) is 6.27. The van der Waals surface area contributed by atoms with E-state index in [1.165, 1.54) is 0 Å². The Morgan fingerprint density at radius 3 is 2.62 bits per heavy atom. The highest BCUT2D eigenvalue weighted by molar-refractivity contribution is 5.88. The molecule has 2 N–H and O–H groups in total. The van der Waals surface area contributed by atoms with Crippen molar-refractivity contribution in [3.8, 4) is 11.5 Å². The van der Waals surface area contributed by atoms with Crippen LogP contribution >= 0.6 is 0 Å². The normalized spacial score (nSPS) is 12.3. The maximum atomic E-state index is 6.07. The van der Waals surface area contributed by atoms with Gasteiger partial charge in [0.05, 0.1) is 23.3 Å². The summed E-state index contributed by atoms with van der Waals surface area (Å²) in [6, 6.07) is 17.8. The number of pyridine rings is 1. The first-order valence-corrected chi connectivity index (χ1v) is 6.70. The lowest BCUT2D eigenvalue weighted by atomic mass is 10.1. The number of nitrogen functional groups attached to an aromatic ring is 1. The molecule has 0 aliphatic carbocycles. The summed E-state index contributed by atoms with van der Waals surface area (Å²) < 4.78 is 5.93. The van der Waals surface area contributed by atoms with Gasteiger partial charge in [-0.3, -0.25) is 4.98 Å². The van der Waals surface area contributed by atoms with Crippen LogP contribution in [0.2, 0.25) is 0 Å². The fourth-order valence-corrected chi connectivity index (χ4v) is 2.56. The highest BCUT2D eigenvalue weighted by Gasteiger charge is 2.26. The molecule has 1 aromatic heterocycles. The number of nitrogens with zero attached hydrogens (tertiary/aromatic N) is 2. The third-order valence-electron chi connectivity index (χ3n) is 3.50. The van der Waals surface area contributed by atoms with Gasteiger partial charge in [-0.1, -0.05) is 24.3 Å². The number of anilines is 4. The zero-order chi connectivity index (χ0) is 14.2. The number of para-hydroxylation sites is 2. The number of hydrogen-bond donors (Lipinski definition) is 1. The third-order valence-corrected chi connectivity index (χ3v) is 3.50. The van der Waals surface area contributed by atoms with Crippen molar-refractivity contribution in [3.63, 3.8) is 0 Å². The summed E-state index contributed by atoms with van der Waals surface area (Å²) in [5.74, 6) is 1.37. The highest BCUT2D eigenvalue weighted by atomic mass is 16.5. The molecule has 1 aliphatic rings. The predicted molar refractivity (Wildman–Crippen MR) is 83.4 cm³/mol. The van der Waals surface area contributed by atoms with Crippen molar-refractivity contribution in [1.29, 1.82) is 0 Å².